The van der Waals surface area contributed by atoms with Crippen molar-refractivity contribution in [2.75, 3.05) is 25.0 Å². The number of nitrogens with zero attached hydrogens (tertiary/aromatic N) is 2. The first-order valence-corrected chi connectivity index (χ1v) is 5.89. The van der Waals surface area contributed by atoms with Gasteiger partial charge in [-0.25, -0.2) is 0 Å². The van der Waals surface area contributed by atoms with Crippen molar-refractivity contribution in [2.45, 2.75) is 18.9 Å². The van der Waals surface area contributed by atoms with Crippen LogP contribution >= 0.6 is 0 Å². The lowest BCUT2D eigenvalue weighted by molar-refractivity contribution is 0.0958. The summed E-state index contributed by atoms with van der Waals surface area (Å²) in [7, 11) is 1.61. The van der Waals surface area contributed by atoms with Gasteiger partial charge in [0.15, 0.2) is 0 Å². The second-order valence-electron chi connectivity index (χ2n) is 4.30. The molecule has 1 aliphatic rings. The Morgan fingerprint density at radius 3 is 2.88 bits per heavy atom. The molecule has 2 heterocycles. The van der Waals surface area contributed by atoms with Crippen LogP contribution in [0.25, 0.3) is 0 Å². The number of piperidine rings is 1. The van der Waals surface area contributed by atoms with E-state index in [0.29, 0.717) is 11.7 Å². The molecule has 5 heteroatoms. The molecular formula is C12H18N4O. The summed E-state index contributed by atoms with van der Waals surface area (Å²) in [5, 5.41) is 2.58. The lowest BCUT2D eigenvalue weighted by atomic mass is 10.1. The Morgan fingerprint density at radius 1 is 1.53 bits per heavy atom. The van der Waals surface area contributed by atoms with Crippen LogP contribution in [0.1, 0.15) is 23.3 Å². The number of carbonyl (C=O) groups excluding carboxylic acids is 1. The van der Waals surface area contributed by atoms with Crippen LogP contribution < -0.4 is 16.0 Å². The number of carbonyl (C=O) groups is 1. The first kappa shape index (κ1) is 11.9. The van der Waals surface area contributed by atoms with Crippen molar-refractivity contribution < 1.29 is 4.79 Å². The molecule has 1 aliphatic heterocycles. The second-order valence-corrected chi connectivity index (χ2v) is 4.30. The monoisotopic (exact) mass is 234 g/mol. The van der Waals surface area contributed by atoms with E-state index in [9.17, 15) is 4.79 Å². The third-order valence-electron chi connectivity index (χ3n) is 3.11. The molecule has 1 fully saturated rings. The van der Waals surface area contributed by atoms with Gasteiger partial charge in [-0.3, -0.25) is 9.78 Å². The lowest BCUT2D eigenvalue weighted by Gasteiger charge is -2.32. The van der Waals surface area contributed by atoms with Crippen LogP contribution in [0.3, 0.4) is 0 Å². The van der Waals surface area contributed by atoms with Crippen LogP contribution in [-0.4, -0.2) is 37.1 Å². The van der Waals surface area contributed by atoms with Crippen LogP contribution in [0, 0.1) is 0 Å². The summed E-state index contributed by atoms with van der Waals surface area (Å²) in [6.45, 7) is 1.89. The van der Waals surface area contributed by atoms with E-state index in [-0.39, 0.29) is 5.91 Å². The molecule has 1 saturated heterocycles. The van der Waals surface area contributed by atoms with Crippen molar-refractivity contribution >= 4 is 11.6 Å². The second kappa shape index (κ2) is 5.14. The fraction of sp³-hybridized carbons (Fsp3) is 0.500. The maximum atomic E-state index is 11.5. The number of nitrogens with two attached hydrogens (primary N) is 1. The van der Waals surface area contributed by atoms with Crippen molar-refractivity contribution in [3.05, 3.63) is 24.0 Å². The zero-order valence-corrected chi connectivity index (χ0v) is 10.0. The van der Waals surface area contributed by atoms with Crippen LogP contribution in [-0.2, 0) is 0 Å². The molecule has 3 N–H and O–H groups in total. The number of anilines is 1. The highest BCUT2D eigenvalue weighted by Gasteiger charge is 2.17. The molecule has 17 heavy (non-hydrogen) atoms. The molecule has 0 aromatic carbocycles. The van der Waals surface area contributed by atoms with E-state index < -0.39 is 0 Å². The van der Waals surface area contributed by atoms with Gasteiger partial charge in [0.25, 0.3) is 5.91 Å². The minimum Gasteiger partial charge on any atom is -0.371 e. The third-order valence-corrected chi connectivity index (χ3v) is 3.11. The largest absolute Gasteiger partial charge is 0.371 e. The molecule has 1 aromatic rings. The molecule has 92 valence electrons. The Bertz CT molecular complexity index is 399. The Morgan fingerprint density at radius 2 is 2.24 bits per heavy atom. The summed E-state index contributed by atoms with van der Waals surface area (Å²) in [4.78, 5) is 17.8. The topological polar surface area (TPSA) is 71.2 Å². The summed E-state index contributed by atoms with van der Waals surface area (Å²) >= 11 is 0. The summed E-state index contributed by atoms with van der Waals surface area (Å²) in [5.74, 6) is -0.152. The Labute approximate surface area is 101 Å². The molecule has 0 unspecified atom stereocenters. The van der Waals surface area contributed by atoms with Crippen molar-refractivity contribution in [1.82, 2.24) is 10.3 Å². The first-order valence-electron chi connectivity index (χ1n) is 5.89. The standard InChI is InChI=1S/C12H18N4O/c1-14-12(17)11-8-10(2-5-15-11)16-6-3-9(13)4-7-16/h2,5,8-9H,3-4,6-7,13H2,1H3,(H,14,17). The Hall–Kier alpha value is -1.62. The van der Waals surface area contributed by atoms with Crippen LogP contribution in [0.5, 0.6) is 0 Å². The maximum absolute atomic E-state index is 11.5. The molecule has 0 radical (unpaired) electrons. The predicted molar refractivity (Wildman–Crippen MR) is 67.0 cm³/mol. The summed E-state index contributed by atoms with van der Waals surface area (Å²) in [6.07, 6.45) is 3.67. The molecule has 0 bridgehead atoms. The van der Waals surface area contributed by atoms with Gasteiger partial charge < -0.3 is 16.0 Å². The van der Waals surface area contributed by atoms with Crippen LogP contribution in [0.4, 0.5) is 5.69 Å². The maximum Gasteiger partial charge on any atom is 0.269 e. The van der Waals surface area contributed by atoms with Crippen LogP contribution in [0.2, 0.25) is 0 Å². The average Bonchev–Trinajstić information content (AvgIpc) is 2.39. The zero-order chi connectivity index (χ0) is 12.3. The number of hydrogen-bond acceptors (Lipinski definition) is 4. The first-order chi connectivity index (χ1) is 8.20. The molecule has 2 rings (SSSR count). The van der Waals surface area contributed by atoms with Gasteiger partial charge in [-0.2, -0.15) is 0 Å². The van der Waals surface area contributed by atoms with E-state index in [4.69, 9.17) is 5.73 Å². The quantitative estimate of drug-likeness (QED) is 0.775. The number of pyridine rings is 1. The van der Waals surface area contributed by atoms with Gasteiger partial charge in [0.1, 0.15) is 5.69 Å². The number of amides is 1. The normalized spacial score (nSPS) is 16.9. The molecule has 0 aliphatic carbocycles. The lowest BCUT2D eigenvalue weighted by Crippen LogP contribution is -2.39. The third kappa shape index (κ3) is 2.74. The molecule has 0 spiro atoms. The fourth-order valence-corrected chi connectivity index (χ4v) is 2.03. The van der Waals surface area contributed by atoms with Gasteiger partial charge in [-0.1, -0.05) is 0 Å². The molecule has 5 nitrogen and oxygen atoms in total. The Kier molecular flexibility index (Phi) is 3.58. The van der Waals surface area contributed by atoms with E-state index in [1.165, 1.54) is 0 Å². The molecule has 0 saturated carbocycles. The van der Waals surface area contributed by atoms with Gasteiger partial charge in [0.05, 0.1) is 0 Å². The number of aromatic nitrogens is 1. The number of rotatable bonds is 2. The number of hydrogen-bond donors (Lipinski definition) is 2. The van der Waals surface area contributed by atoms with E-state index >= 15 is 0 Å². The van der Waals surface area contributed by atoms with Gasteiger partial charge in [-0.05, 0) is 25.0 Å². The summed E-state index contributed by atoms with van der Waals surface area (Å²) in [6, 6.07) is 4.07. The molecule has 1 amide bonds. The van der Waals surface area contributed by atoms with E-state index in [1.807, 2.05) is 12.1 Å². The zero-order valence-electron chi connectivity index (χ0n) is 10.0. The summed E-state index contributed by atoms with van der Waals surface area (Å²) < 4.78 is 0. The molecular weight excluding hydrogens is 216 g/mol. The van der Waals surface area contributed by atoms with Gasteiger partial charge in [0.2, 0.25) is 0 Å². The van der Waals surface area contributed by atoms with Crippen molar-refractivity contribution in [1.29, 1.82) is 0 Å². The van der Waals surface area contributed by atoms with E-state index in [0.717, 1.165) is 31.6 Å². The molecule has 0 atom stereocenters. The minimum absolute atomic E-state index is 0.152. The summed E-state index contributed by atoms with van der Waals surface area (Å²) in [5.41, 5.74) is 7.38. The van der Waals surface area contributed by atoms with Crippen LogP contribution in [0.15, 0.2) is 18.3 Å². The Balaban J connectivity index is 2.13. The fourth-order valence-electron chi connectivity index (χ4n) is 2.03. The highest BCUT2D eigenvalue weighted by molar-refractivity contribution is 5.92. The van der Waals surface area contributed by atoms with Crippen molar-refractivity contribution in [2.24, 2.45) is 5.73 Å². The molecule has 1 aromatic heterocycles. The van der Waals surface area contributed by atoms with Gasteiger partial charge in [0, 0.05) is 38.1 Å². The van der Waals surface area contributed by atoms with Crippen molar-refractivity contribution in [3.63, 3.8) is 0 Å². The SMILES string of the molecule is CNC(=O)c1cc(N2CCC(N)CC2)ccn1. The van der Waals surface area contributed by atoms with E-state index in [1.54, 1.807) is 13.2 Å². The number of nitrogens with one attached hydrogen (secondary N) is 1. The predicted octanol–water partition coefficient (Wildman–Crippen LogP) is 0.369. The minimum atomic E-state index is -0.152. The highest BCUT2D eigenvalue weighted by atomic mass is 16.1. The van der Waals surface area contributed by atoms with E-state index in [2.05, 4.69) is 15.2 Å². The highest BCUT2D eigenvalue weighted by Crippen LogP contribution is 2.19. The smallest absolute Gasteiger partial charge is 0.269 e. The van der Waals surface area contributed by atoms with Gasteiger partial charge >= 0.3 is 0 Å². The van der Waals surface area contributed by atoms with Gasteiger partial charge in [-0.15, -0.1) is 0 Å². The average molecular weight is 234 g/mol. The van der Waals surface area contributed by atoms with Crippen molar-refractivity contribution in [3.8, 4) is 0 Å².